The highest BCUT2D eigenvalue weighted by atomic mass is 16.5. The molecule has 0 aliphatic heterocycles. The summed E-state index contributed by atoms with van der Waals surface area (Å²) >= 11 is 0. The van der Waals surface area contributed by atoms with E-state index in [2.05, 4.69) is 5.32 Å². The van der Waals surface area contributed by atoms with E-state index < -0.39 is 12.0 Å². The molecule has 0 heterocycles. The van der Waals surface area contributed by atoms with Gasteiger partial charge in [-0.25, -0.2) is 0 Å². The van der Waals surface area contributed by atoms with Crippen LogP contribution in [-0.4, -0.2) is 38.8 Å². The average Bonchev–Trinajstić information content (AvgIpc) is 2.44. The monoisotopic (exact) mass is 283 g/mol. The van der Waals surface area contributed by atoms with Gasteiger partial charge in [0.25, 0.3) is 0 Å². The number of hydrogen-bond acceptors (Lipinski definition) is 5. The molecule has 0 unspecified atom stereocenters. The van der Waals surface area contributed by atoms with Crippen molar-refractivity contribution < 1.29 is 28.9 Å². The Morgan fingerprint density at radius 2 is 1.90 bits per heavy atom. The fourth-order valence-corrected chi connectivity index (χ4v) is 1.91. The van der Waals surface area contributed by atoms with Crippen molar-refractivity contribution in [2.75, 3.05) is 21.3 Å². The minimum atomic E-state index is -1.04. The normalized spacial score (nSPS) is 11.3. The average molecular weight is 283 g/mol. The number of methoxy groups -OCH3 is 3. The maximum absolute atomic E-state index is 10.9. The Kier molecular flexibility index (Phi) is 5.64. The lowest BCUT2D eigenvalue weighted by molar-refractivity contribution is -0.137. The minimum Gasteiger partial charge on any atom is -0.493 e. The van der Waals surface area contributed by atoms with Gasteiger partial charge in [0.15, 0.2) is 11.5 Å². The predicted octanol–water partition coefficient (Wildman–Crippen LogP) is 0.974. The number of amides is 1. The highest BCUT2D eigenvalue weighted by molar-refractivity contribution is 5.70. The topological polar surface area (TPSA) is 94.1 Å². The highest BCUT2D eigenvalue weighted by Crippen LogP contribution is 2.42. The smallest absolute Gasteiger partial charge is 0.305 e. The molecule has 20 heavy (non-hydrogen) atoms. The lowest BCUT2D eigenvalue weighted by Gasteiger charge is -2.20. The van der Waals surface area contributed by atoms with E-state index in [1.807, 2.05) is 0 Å². The first kappa shape index (κ1) is 15.6. The number of carboxylic acid groups (broad SMARTS) is 1. The first-order chi connectivity index (χ1) is 9.58. The molecular weight excluding hydrogens is 266 g/mol. The fraction of sp³-hybridized carbons (Fsp3) is 0.385. The third-order valence-electron chi connectivity index (χ3n) is 2.76. The van der Waals surface area contributed by atoms with Crippen LogP contribution in [-0.2, 0) is 9.59 Å². The molecule has 0 bridgehead atoms. The zero-order valence-electron chi connectivity index (χ0n) is 11.5. The zero-order chi connectivity index (χ0) is 15.1. The van der Waals surface area contributed by atoms with Crippen molar-refractivity contribution >= 4 is 12.4 Å². The van der Waals surface area contributed by atoms with E-state index in [0.29, 0.717) is 29.2 Å². The van der Waals surface area contributed by atoms with Crippen LogP contribution in [0.1, 0.15) is 18.0 Å². The fourth-order valence-electron chi connectivity index (χ4n) is 1.91. The molecule has 110 valence electrons. The number of ether oxygens (including phenoxy) is 3. The van der Waals surface area contributed by atoms with Gasteiger partial charge >= 0.3 is 5.97 Å². The van der Waals surface area contributed by atoms with E-state index in [0.717, 1.165) is 0 Å². The third kappa shape index (κ3) is 3.31. The van der Waals surface area contributed by atoms with Crippen molar-refractivity contribution in [1.82, 2.24) is 5.32 Å². The number of carboxylic acids is 1. The predicted molar refractivity (Wildman–Crippen MR) is 70.3 cm³/mol. The number of rotatable bonds is 8. The number of benzene rings is 1. The number of aliphatic carboxylic acids is 1. The quantitative estimate of drug-likeness (QED) is 0.690. The van der Waals surface area contributed by atoms with Crippen LogP contribution in [0.15, 0.2) is 12.1 Å². The second kappa shape index (κ2) is 7.22. The molecule has 0 saturated heterocycles. The maximum Gasteiger partial charge on any atom is 0.305 e. The summed E-state index contributed by atoms with van der Waals surface area (Å²) in [6, 6.07) is 2.53. The molecule has 0 aliphatic rings. The van der Waals surface area contributed by atoms with E-state index in [9.17, 15) is 9.59 Å². The van der Waals surface area contributed by atoms with Crippen LogP contribution in [0.25, 0.3) is 0 Å². The van der Waals surface area contributed by atoms with Crippen molar-refractivity contribution in [3.63, 3.8) is 0 Å². The molecule has 7 heteroatoms. The van der Waals surface area contributed by atoms with Crippen molar-refractivity contribution in [2.45, 2.75) is 12.5 Å². The molecule has 1 amide bonds. The van der Waals surface area contributed by atoms with Gasteiger partial charge in [-0.1, -0.05) is 0 Å². The highest BCUT2D eigenvalue weighted by Gasteiger charge is 2.23. The SMILES string of the molecule is COc1ccc([C@@H](CC(=O)O)NC=O)c(OC)c1OC. The van der Waals surface area contributed by atoms with Crippen LogP contribution in [0.4, 0.5) is 0 Å². The van der Waals surface area contributed by atoms with Crippen LogP contribution < -0.4 is 19.5 Å². The van der Waals surface area contributed by atoms with Crippen LogP contribution in [0.3, 0.4) is 0 Å². The van der Waals surface area contributed by atoms with E-state index in [1.165, 1.54) is 21.3 Å². The van der Waals surface area contributed by atoms with Crippen molar-refractivity contribution in [1.29, 1.82) is 0 Å². The summed E-state index contributed by atoms with van der Waals surface area (Å²) in [5.74, 6) is 0.0810. The summed E-state index contributed by atoms with van der Waals surface area (Å²) in [7, 11) is 4.36. The molecule has 0 radical (unpaired) electrons. The summed E-state index contributed by atoms with van der Waals surface area (Å²) in [4.78, 5) is 21.5. The summed E-state index contributed by atoms with van der Waals surface area (Å²) in [6.07, 6.45) is 0.175. The summed E-state index contributed by atoms with van der Waals surface area (Å²) in [6.45, 7) is 0. The number of hydrogen-bond donors (Lipinski definition) is 2. The first-order valence-corrected chi connectivity index (χ1v) is 5.79. The number of carbonyl (C=O) groups is 2. The van der Waals surface area contributed by atoms with Crippen molar-refractivity contribution in [3.05, 3.63) is 17.7 Å². The van der Waals surface area contributed by atoms with Gasteiger partial charge in [-0.3, -0.25) is 9.59 Å². The Balaban J connectivity index is 3.33. The van der Waals surface area contributed by atoms with Gasteiger partial charge in [0.2, 0.25) is 12.2 Å². The van der Waals surface area contributed by atoms with Gasteiger partial charge < -0.3 is 24.6 Å². The van der Waals surface area contributed by atoms with Crippen LogP contribution in [0.5, 0.6) is 17.2 Å². The Morgan fingerprint density at radius 1 is 1.25 bits per heavy atom. The first-order valence-electron chi connectivity index (χ1n) is 5.79. The maximum atomic E-state index is 10.9. The lowest BCUT2D eigenvalue weighted by Crippen LogP contribution is -2.23. The molecule has 1 rings (SSSR count). The molecule has 0 aromatic heterocycles. The summed E-state index contributed by atoms with van der Waals surface area (Å²) < 4.78 is 15.6. The van der Waals surface area contributed by atoms with Crippen LogP contribution in [0.2, 0.25) is 0 Å². The van der Waals surface area contributed by atoms with Gasteiger partial charge in [-0.05, 0) is 12.1 Å². The molecule has 0 spiro atoms. The van der Waals surface area contributed by atoms with Crippen molar-refractivity contribution in [2.24, 2.45) is 0 Å². The van der Waals surface area contributed by atoms with Crippen LogP contribution >= 0.6 is 0 Å². The van der Waals surface area contributed by atoms with Crippen LogP contribution in [0, 0.1) is 0 Å². The molecule has 0 aliphatic carbocycles. The number of nitrogens with one attached hydrogen (secondary N) is 1. The summed E-state index contributed by atoms with van der Waals surface area (Å²) in [5.41, 5.74) is 0.500. The molecule has 0 fully saturated rings. The van der Waals surface area contributed by atoms with Gasteiger partial charge in [0.1, 0.15) is 0 Å². The number of carbonyl (C=O) groups excluding carboxylic acids is 1. The van der Waals surface area contributed by atoms with E-state index >= 15 is 0 Å². The van der Waals surface area contributed by atoms with Gasteiger partial charge in [0, 0.05) is 5.56 Å². The molecule has 1 atom stereocenters. The summed E-state index contributed by atoms with van der Waals surface area (Å²) in [5, 5.41) is 11.4. The molecule has 7 nitrogen and oxygen atoms in total. The van der Waals surface area contributed by atoms with E-state index in [1.54, 1.807) is 12.1 Å². The Morgan fingerprint density at radius 3 is 2.35 bits per heavy atom. The third-order valence-corrected chi connectivity index (χ3v) is 2.76. The molecule has 1 aromatic rings. The molecule has 0 saturated carbocycles. The second-order valence-electron chi connectivity index (χ2n) is 3.86. The van der Waals surface area contributed by atoms with Gasteiger partial charge in [-0.2, -0.15) is 0 Å². The van der Waals surface area contributed by atoms with Gasteiger partial charge in [-0.15, -0.1) is 0 Å². The van der Waals surface area contributed by atoms with E-state index in [-0.39, 0.29) is 6.42 Å². The Labute approximate surface area is 116 Å². The zero-order valence-corrected chi connectivity index (χ0v) is 11.5. The second-order valence-corrected chi connectivity index (χ2v) is 3.86. The van der Waals surface area contributed by atoms with Crippen molar-refractivity contribution in [3.8, 4) is 17.2 Å². The Bertz CT molecular complexity index is 488. The molecular formula is C13H17NO6. The van der Waals surface area contributed by atoms with E-state index in [4.69, 9.17) is 19.3 Å². The lowest BCUT2D eigenvalue weighted by atomic mass is 10.0. The largest absolute Gasteiger partial charge is 0.493 e. The Hall–Kier alpha value is -2.44. The molecule has 1 aromatic carbocycles. The molecule has 2 N–H and O–H groups in total. The standard InChI is InChI=1S/C13H17NO6/c1-18-10-5-4-8(12(19-2)13(10)20-3)9(14-7-15)6-11(16)17/h4-5,7,9H,6H2,1-3H3,(H,14,15)(H,16,17)/t9-/m1/s1. The van der Waals surface area contributed by atoms with Gasteiger partial charge in [0.05, 0.1) is 33.8 Å². The minimum absolute atomic E-state index is 0.273.